The number of rotatable bonds is 2. The van der Waals surface area contributed by atoms with Gasteiger partial charge in [-0.3, -0.25) is 0 Å². The van der Waals surface area contributed by atoms with Gasteiger partial charge >= 0.3 is 0 Å². The second-order valence-electron chi connectivity index (χ2n) is 10.3. The minimum atomic E-state index is -0.719. The number of nitrogens with zero attached hydrogens (tertiary/aromatic N) is 1. The number of nitriles is 1. The van der Waals surface area contributed by atoms with Gasteiger partial charge in [0.1, 0.15) is 0 Å². The van der Waals surface area contributed by atoms with E-state index in [1.54, 1.807) is 0 Å². The van der Waals surface area contributed by atoms with Crippen LogP contribution in [0, 0.1) is 45.8 Å². The molecule has 0 aromatic rings. The van der Waals surface area contributed by atoms with Gasteiger partial charge in [-0.15, -0.1) is 0 Å². The Kier molecular flexibility index (Phi) is 4.25. The van der Waals surface area contributed by atoms with Crippen LogP contribution in [-0.2, 0) is 4.74 Å². The standard InChI is InChI=1S/C22H35NO2/c1-20-10-11-22(24,12-13-23)14-15(20)4-5-16-17-6-7-19(25-3)21(17,2)9-8-18(16)20/h15-19,24H,4-12,14H2,1-3H3/t15-,16-,17-,18-,19+,20-,21-,22-/m0/s1. The van der Waals surface area contributed by atoms with Gasteiger partial charge in [0.25, 0.3) is 0 Å². The number of fused-ring (bicyclic) bond motifs is 5. The van der Waals surface area contributed by atoms with E-state index >= 15 is 0 Å². The molecule has 0 unspecified atom stereocenters. The third kappa shape index (κ3) is 2.51. The van der Waals surface area contributed by atoms with Crippen LogP contribution < -0.4 is 0 Å². The molecule has 0 spiro atoms. The van der Waals surface area contributed by atoms with Crippen LogP contribution in [0.4, 0.5) is 0 Å². The van der Waals surface area contributed by atoms with Gasteiger partial charge in [0.2, 0.25) is 0 Å². The average Bonchev–Trinajstić information content (AvgIpc) is 2.92. The lowest BCUT2D eigenvalue weighted by Gasteiger charge is -2.61. The van der Waals surface area contributed by atoms with E-state index in [1.807, 2.05) is 7.11 Å². The number of hydrogen-bond donors (Lipinski definition) is 1. The Bertz CT molecular complexity index is 571. The van der Waals surface area contributed by atoms with Crippen molar-refractivity contribution >= 4 is 0 Å². The summed E-state index contributed by atoms with van der Waals surface area (Å²) in [5.41, 5.74) is 0.0376. The maximum atomic E-state index is 10.8. The van der Waals surface area contributed by atoms with E-state index < -0.39 is 5.60 Å². The van der Waals surface area contributed by atoms with Crippen molar-refractivity contribution in [3.63, 3.8) is 0 Å². The van der Waals surface area contributed by atoms with Crippen LogP contribution in [0.3, 0.4) is 0 Å². The summed E-state index contributed by atoms with van der Waals surface area (Å²) in [5.74, 6) is 3.09. The summed E-state index contributed by atoms with van der Waals surface area (Å²) < 4.78 is 5.89. The van der Waals surface area contributed by atoms with Crippen molar-refractivity contribution in [1.29, 1.82) is 5.26 Å². The maximum absolute atomic E-state index is 10.8. The minimum absolute atomic E-state index is 0.309. The van der Waals surface area contributed by atoms with Crippen LogP contribution >= 0.6 is 0 Å². The van der Waals surface area contributed by atoms with Crippen molar-refractivity contribution in [1.82, 2.24) is 0 Å². The smallest absolute Gasteiger partial charge is 0.0780 e. The van der Waals surface area contributed by atoms with Gasteiger partial charge in [-0.1, -0.05) is 13.8 Å². The number of methoxy groups -OCH3 is 1. The minimum Gasteiger partial charge on any atom is -0.389 e. The van der Waals surface area contributed by atoms with Crippen LogP contribution in [0.15, 0.2) is 0 Å². The van der Waals surface area contributed by atoms with Crippen molar-refractivity contribution < 1.29 is 9.84 Å². The predicted octanol–water partition coefficient (Wildman–Crippen LogP) is 4.69. The first-order chi connectivity index (χ1) is 11.9. The summed E-state index contributed by atoms with van der Waals surface area (Å²) in [6.07, 6.45) is 11.3. The molecule has 140 valence electrons. The second-order valence-corrected chi connectivity index (χ2v) is 10.3. The van der Waals surface area contributed by atoms with Gasteiger partial charge in [-0.2, -0.15) is 5.26 Å². The molecule has 0 aromatic heterocycles. The molecule has 1 N–H and O–H groups in total. The molecule has 3 heteroatoms. The molecule has 4 aliphatic rings. The van der Waals surface area contributed by atoms with Crippen molar-refractivity contribution in [3.05, 3.63) is 0 Å². The van der Waals surface area contributed by atoms with Crippen molar-refractivity contribution in [2.24, 2.45) is 34.5 Å². The van der Waals surface area contributed by atoms with Gasteiger partial charge < -0.3 is 9.84 Å². The molecule has 3 nitrogen and oxygen atoms in total. The number of aliphatic hydroxyl groups is 1. The molecule has 0 aliphatic heterocycles. The molecule has 0 bridgehead atoms. The monoisotopic (exact) mass is 345 g/mol. The Morgan fingerprint density at radius 1 is 1.00 bits per heavy atom. The van der Waals surface area contributed by atoms with Crippen molar-refractivity contribution in [2.45, 2.75) is 89.8 Å². The van der Waals surface area contributed by atoms with Crippen molar-refractivity contribution in [2.75, 3.05) is 7.11 Å². The van der Waals surface area contributed by atoms with Crippen LogP contribution in [0.2, 0.25) is 0 Å². The first-order valence-electron chi connectivity index (χ1n) is 10.5. The SMILES string of the molecule is CO[C@@H]1CC[C@H]2[C@@H]3CC[C@H]4C[C@@](O)(CC#N)CC[C@]4(C)[C@H]3CC[C@]12C. The van der Waals surface area contributed by atoms with Crippen LogP contribution in [-0.4, -0.2) is 23.9 Å². The fourth-order valence-corrected chi connectivity index (χ4v) is 7.97. The Hall–Kier alpha value is -0.590. The third-order valence-corrected chi connectivity index (χ3v) is 9.43. The molecular weight excluding hydrogens is 310 g/mol. The molecule has 25 heavy (non-hydrogen) atoms. The molecule has 0 amide bonds. The molecule has 0 aromatic carbocycles. The quantitative estimate of drug-likeness (QED) is 0.790. The van der Waals surface area contributed by atoms with E-state index in [2.05, 4.69) is 19.9 Å². The third-order valence-electron chi connectivity index (χ3n) is 9.43. The number of hydrogen-bond acceptors (Lipinski definition) is 3. The lowest BCUT2D eigenvalue weighted by molar-refractivity contribution is -0.155. The number of ether oxygens (including phenoxy) is 1. The maximum Gasteiger partial charge on any atom is 0.0780 e. The highest BCUT2D eigenvalue weighted by Gasteiger charge is 2.61. The van der Waals surface area contributed by atoms with Gasteiger partial charge in [0.05, 0.1) is 24.2 Å². The van der Waals surface area contributed by atoms with Crippen LogP contribution in [0.25, 0.3) is 0 Å². The van der Waals surface area contributed by atoms with Gasteiger partial charge in [-0.05, 0) is 92.3 Å². The second kappa shape index (κ2) is 5.96. The first-order valence-corrected chi connectivity index (χ1v) is 10.5. The van der Waals surface area contributed by atoms with Crippen LogP contribution in [0.5, 0.6) is 0 Å². The van der Waals surface area contributed by atoms with E-state index in [-0.39, 0.29) is 0 Å². The molecule has 4 aliphatic carbocycles. The Morgan fingerprint density at radius 2 is 1.76 bits per heavy atom. The topological polar surface area (TPSA) is 53.2 Å². The zero-order valence-electron chi connectivity index (χ0n) is 16.3. The molecule has 4 fully saturated rings. The predicted molar refractivity (Wildman–Crippen MR) is 97.7 cm³/mol. The zero-order valence-corrected chi connectivity index (χ0v) is 16.3. The summed E-state index contributed by atoms with van der Waals surface area (Å²) in [6, 6.07) is 2.22. The summed E-state index contributed by atoms with van der Waals surface area (Å²) in [7, 11) is 1.90. The summed E-state index contributed by atoms with van der Waals surface area (Å²) >= 11 is 0. The average molecular weight is 346 g/mol. The lowest BCUT2D eigenvalue weighted by Crippen LogP contribution is -2.56. The van der Waals surface area contributed by atoms with E-state index in [9.17, 15) is 5.11 Å². The van der Waals surface area contributed by atoms with Crippen molar-refractivity contribution in [3.8, 4) is 6.07 Å². The Labute approximate surface area is 153 Å². The largest absolute Gasteiger partial charge is 0.389 e. The molecule has 4 rings (SSSR count). The highest BCUT2D eigenvalue weighted by Crippen LogP contribution is 2.67. The highest BCUT2D eigenvalue weighted by atomic mass is 16.5. The zero-order chi connectivity index (χ0) is 17.9. The Balaban J connectivity index is 1.57. The van der Waals surface area contributed by atoms with Crippen LogP contribution in [0.1, 0.15) is 78.1 Å². The fraction of sp³-hybridized carbons (Fsp3) is 0.955. The summed E-state index contributed by atoms with van der Waals surface area (Å²) in [4.78, 5) is 0. The fourth-order valence-electron chi connectivity index (χ4n) is 7.97. The highest BCUT2D eigenvalue weighted by molar-refractivity contribution is 5.11. The normalized spacial score (nSPS) is 54.9. The van der Waals surface area contributed by atoms with E-state index in [4.69, 9.17) is 10.00 Å². The molecule has 0 heterocycles. The molecule has 4 saturated carbocycles. The van der Waals surface area contributed by atoms with E-state index in [0.29, 0.717) is 29.3 Å². The summed E-state index contributed by atoms with van der Waals surface area (Å²) in [6.45, 7) is 5.02. The van der Waals surface area contributed by atoms with E-state index in [0.717, 1.165) is 37.0 Å². The molecular formula is C22H35NO2. The summed E-state index contributed by atoms with van der Waals surface area (Å²) in [5, 5.41) is 19.9. The molecule has 0 radical (unpaired) electrons. The Morgan fingerprint density at radius 3 is 2.48 bits per heavy atom. The molecule has 0 saturated heterocycles. The van der Waals surface area contributed by atoms with Gasteiger partial charge in [-0.25, -0.2) is 0 Å². The molecule has 8 atom stereocenters. The van der Waals surface area contributed by atoms with Gasteiger partial charge in [0, 0.05) is 7.11 Å². The first kappa shape index (κ1) is 17.8. The van der Waals surface area contributed by atoms with Gasteiger partial charge in [0.15, 0.2) is 0 Å². The lowest BCUT2D eigenvalue weighted by atomic mass is 9.44. The van der Waals surface area contributed by atoms with E-state index in [1.165, 1.54) is 38.5 Å².